The first-order valence-corrected chi connectivity index (χ1v) is 10.4. The van der Waals surface area contributed by atoms with Gasteiger partial charge < -0.3 is 10.0 Å². The molecule has 3 rings (SSSR count). The molecule has 0 aromatic heterocycles. The fraction of sp³-hybridized carbons (Fsp3) is 0.636. The lowest BCUT2D eigenvalue weighted by molar-refractivity contribution is -0.138. The number of nitrogens with zero attached hydrogens (tertiary/aromatic N) is 3. The monoisotopic (exact) mass is 387 g/mol. The highest BCUT2D eigenvalue weighted by Crippen LogP contribution is 2.29. The largest absolute Gasteiger partial charge is 0.480 e. The predicted octanol–water partition coefficient (Wildman–Crippen LogP) is 2.36. The minimum absolute atomic E-state index is 0.0790. The summed E-state index contributed by atoms with van der Waals surface area (Å²) < 4.78 is 0. The number of rotatable bonds is 8. The molecule has 1 aliphatic heterocycles. The van der Waals surface area contributed by atoms with Crippen molar-refractivity contribution in [1.29, 1.82) is 0 Å². The SMILES string of the molecule is Cc1ccc(CN(C(=O)CN2CCCC(N(C)CC(=O)O)CC2)C2CC2)cc1. The highest BCUT2D eigenvalue weighted by Gasteiger charge is 2.33. The summed E-state index contributed by atoms with van der Waals surface area (Å²) in [4.78, 5) is 30.2. The number of hydrogen-bond donors (Lipinski definition) is 1. The number of aryl methyl sites for hydroxylation is 1. The molecule has 1 amide bonds. The first-order valence-electron chi connectivity index (χ1n) is 10.4. The van der Waals surface area contributed by atoms with Crippen molar-refractivity contribution < 1.29 is 14.7 Å². The maximum atomic E-state index is 13.0. The molecule has 6 nitrogen and oxygen atoms in total. The van der Waals surface area contributed by atoms with Crippen LogP contribution in [0.1, 0.15) is 43.2 Å². The maximum Gasteiger partial charge on any atom is 0.317 e. The average Bonchev–Trinajstić information content (AvgIpc) is 3.48. The van der Waals surface area contributed by atoms with Crippen molar-refractivity contribution in [2.75, 3.05) is 33.2 Å². The third-order valence-corrected chi connectivity index (χ3v) is 5.94. The molecule has 1 aromatic rings. The molecule has 0 bridgehead atoms. The van der Waals surface area contributed by atoms with E-state index in [-0.39, 0.29) is 18.5 Å². The number of carboxylic acids is 1. The smallest absolute Gasteiger partial charge is 0.317 e. The van der Waals surface area contributed by atoms with Crippen molar-refractivity contribution in [1.82, 2.24) is 14.7 Å². The Bertz CT molecular complexity index is 672. The molecule has 1 heterocycles. The van der Waals surface area contributed by atoms with Crippen molar-refractivity contribution in [3.63, 3.8) is 0 Å². The summed E-state index contributed by atoms with van der Waals surface area (Å²) >= 11 is 0. The fourth-order valence-corrected chi connectivity index (χ4v) is 4.06. The number of carbonyl (C=O) groups is 2. The van der Waals surface area contributed by atoms with Crippen LogP contribution >= 0.6 is 0 Å². The summed E-state index contributed by atoms with van der Waals surface area (Å²) in [6, 6.07) is 9.12. The van der Waals surface area contributed by atoms with E-state index in [0.29, 0.717) is 19.1 Å². The van der Waals surface area contributed by atoms with Crippen LogP contribution in [0.5, 0.6) is 0 Å². The van der Waals surface area contributed by atoms with E-state index in [1.807, 2.05) is 11.9 Å². The lowest BCUT2D eigenvalue weighted by Gasteiger charge is -2.28. The fourth-order valence-electron chi connectivity index (χ4n) is 4.06. The average molecular weight is 388 g/mol. The zero-order chi connectivity index (χ0) is 20.1. The standard InChI is InChI=1S/C22H33N3O3/c1-17-5-7-18(8-6-17)14-25(20-9-10-20)21(26)15-24-12-3-4-19(11-13-24)23(2)16-22(27)28/h5-8,19-20H,3-4,9-16H2,1-2H3,(H,27,28). The molecule has 1 atom stereocenters. The van der Waals surface area contributed by atoms with Crippen LogP contribution in [0, 0.1) is 6.92 Å². The van der Waals surface area contributed by atoms with Gasteiger partial charge in [-0.1, -0.05) is 29.8 Å². The van der Waals surface area contributed by atoms with E-state index >= 15 is 0 Å². The molecule has 1 aliphatic carbocycles. The second-order valence-corrected chi connectivity index (χ2v) is 8.41. The van der Waals surface area contributed by atoms with Crippen LogP contribution in [0.2, 0.25) is 0 Å². The summed E-state index contributed by atoms with van der Waals surface area (Å²) in [5.41, 5.74) is 2.43. The van der Waals surface area contributed by atoms with Crippen molar-refractivity contribution >= 4 is 11.9 Å². The second kappa shape index (κ2) is 9.52. The lowest BCUT2D eigenvalue weighted by atomic mass is 10.1. The number of amides is 1. The van der Waals surface area contributed by atoms with Gasteiger partial charge in [0.15, 0.2) is 0 Å². The van der Waals surface area contributed by atoms with E-state index < -0.39 is 5.97 Å². The zero-order valence-corrected chi connectivity index (χ0v) is 17.1. The predicted molar refractivity (Wildman–Crippen MR) is 109 cm³/mol. The van der Waals surface area contributed by atoms with E-state index in [9.17, 15) is 9.59 Å². The van der Waals surface area contributed by atoms with Crippen LogP contribution < -0.4 is 0 Å². The van der Waals surface area contributed by atoms with Crippen LogP contribution in [0.4, 0.5) is 0 Å². The Morgan fingerprint density at radius 1 is 1.07 bits per heavy atom. The van der Waals surface area contributed by atoms with E-state index in [0.717, 1.165) is 45.2 Å². The number of likely N-dealkylation sites (tertiary alicyclic amines) is 1. The summed E-state index contributed by atoms with van der Waals surface area (Å²) in [6.07, 6.45) is 5.13. The van der Waals surface area contributed by atoms with Gasteiger partial charge in [0.2, 0.25) is 5.91 Å². The molecule has 0 spiro atoms. The molecule has 2 fully saturated rings. The Balaban J connectivity index is 1.53. The van der Waals surface area contributed by atoms with Gasteiger partial charge in [0.05, 0.1) is 13.1 Å². The van der Waals surface area contributed by atoms with Crippen LogP contribution in [0.25, 0.3) is 0 Å². The number of carbonyl (C=O) groups excluding carboxylic acids is 1. The molecule has 6 heteroatoms. The summed E-state index contributed by atoms with van der Waals surface area (Å²) in [6.45, 7) is 5.08. The quantitative estimate of drug-likeness (QED) is 0.742. The Morgan fingerprint density at radius 3 is 2.43 bits per heavy atom. The Morgan fingerprint density at radius 2 is 1.79 bits per heavy atom. The molecule has 1 saturated carbocycles. The number of benzene rings is 1. The molecule has 1 aromatic carbocycles. The van der Waals surface area contributed by atoms with Gasteiger partial charge in [-0.15, -0.1) is 0 Å². The van der Waals surface area contributed by atoms with Gasteiger partial charge in [-0.05, 0) is 58.2 Å². The van der Waals surface area contributed by atoms with E-state index in [1.165, 1.54) is 11.1 Å². The summed E-state index contributed by atoms with van der Waals surface area (Å²) in [5.74, 6) is -0.560. The minimum atomic E-state index is -0.782. The summed E-state index contributed by atoms with van der Waals surface area (Å²) in [7, 11) is 1.88. The van der Waals surface area contributed by atoms with Gasteiger partial charge in [-0.2, -0.15) is 0 Å². The van der Waals surface area contributed by atoms with E-state index in [1.54, 1.807) is 0 Å². The van der Waals surface area contributed by atoms with Gasteiger partial charge >= 0.3 is 5.97 Å². The zero-order valence-electron chi connectivity index (χ0n) is 17.1. The first kappa shape index (κ1) is 20.8. The molecular weight excluding hydrogens is 354 g/mol. The van der Waals surface area contributed by atoms with Crippen LogP contribution in [0.3, 0.4) is 0 Å². The third kappa shape index (κ3) is 6.04. The number of carboxylic acid groups (broad SMARTS) is 1. The van der Waals surface area contributed by atoms with Crippen LogP contribution in [0.15, 0.2) is 24.3 Å². The molecular formula is C22H33N3O3. The molecule has 2 aliphatic rings. The highest BCUT2D eigenvalue weighted by molar-refractivity contribution is 5.79. The van der Waals surface area contributed by atoms with Gasteiger partial charge in [0.25, 0.3) is 0 Å². The Kier molecular flexibility index (Phi) is 7.08. The summed E-state index contributed by atoms with van der Waals surface area (Å²) in [5, 5.41) is 9.01. The molecule has 28 heavy (non-hydrogen) atoms. The van der Waals surface area contributed by atoms with Gasteiger partial charge in [0, 0.05) is 25.2 Å². The van der Waals surface area contributed by atoms with Crippen molar-refractivity contribution in [3.8, 4) is 0 Å². The van der Waals surface area contributed by atoms with Gasteiger partial charge in [0.1, 0.15) is 0 Å². The van der Waals surface area contributed by atoms with Crippen LogP contribution in [-0.2, 0) is 16.1 Å². The van der Waals surface area contributed by atoms with Crippen molar-refractivity contribution in [3.05, 3.63) is 35.4 Å². The molecule has 154 valence electrons. The van der Waals surface area contributed by atoms with Gasteiger partial charge in [-0.25, -0.2) is 0 Å². The number of likely N-dealkylation sites (N-methyl/N-ethyl adjacent to an activating group) is 1. The second-order valence-electron chi connectivity index (χ2n) is 8.41. The van der Waals surface area contributed by atoms with E-state index in [2.05, 4.69) is 41.0 Å². The van der Waals surface area contributed by atoms with Gasteiger partial charge in [-0.3, -0.25) is 19.4 Å². The first-order chi connectivity index (χ1) is 13.4. The Hall–Kier alpha value is -1.92. The van der Waals surface area contributed by atoms with Crippen LogP contribution in [-0.4, -0.2) is 77.0 Å². The normalized spacial score (nSPS) is 20.8. The maximum absolute atomic E-state index is 13.0. The minimum Gasteiger partial charge on any atom is -0.480 e. The third-order valence-electron chi connectivity index (χ3n) is 5.94. The molecule has 1 unspecified atom stereocenters. The lowest BCUT2D eigenvalue weighted by Crippen LogP contribution is -2.42. The van der Waals surface area contributed by atoms with Crippen molar-refractivity contribution in [2.45, 2.75) is 57.7 Å². The number of hydrogen-bond acceptors (Lipinski definition) is 4. The highest BCUT2D eigenvalue weighted by atomic mass is 16.4. The van der Waals surface area contributed by atoms with Crippen molar-refractivity contribution in [2.24, 2.45) is 0 Å². The van der Waals surface area contributed by atoms with E-state index in [4.69, 9.17) is 5.11 Å². The molecule has 1 N–H and O–H groups in total. The Labute approximate surface area is 168 Å². The molecule has 1 saturated heterocycles. The topological polar surface area (TPSA) is 64.1 Å². The number of aliphatic carboxylic acids is 1. The molecule has 0 radical (unpaired) electrons.